The highest BCUT2D eigenvalue weighted by Crippen LogP contribution is 2.46. The number of hydrogen-bond donors (Lipinski definition) is 1. The van der Waals surface area contributed by atoms with Crippen molar-refractivity contribution in [1.29, 1.82) is 0 Å². The molecule has 1 N–H and O–H groups in total. The number of hydrogen-bond acceptors (Lipinski definition) is 3. The van der Waals surface area contributed by atoms with Crippen molar-refractivity contribution < 1.29 is 9.53 Å². The van der Waals surface area contributed by atoms with E-state index in [1.165, 1.54) is 42.2 Å². The molecular weight excluding hydrogens is 394 g/mol. The summed E-state index contributed by atoms with van der Waals surface area (Å²) < 4.78 is 5.12. The Bertz CT molecular complexity index is 965. The van der Waals surface area contributed by atoms with E-state index in [4.69, 9.17) is 4.74 Å². The topological polar surface area (TPSA) is 38.3 Å². The number of ether oxygens (including phenoxy) is 1. The fourth-order valence-electron chi connectivity index (χ4n) is 5.32. The van der Waals surface area contributed by atoms with Crippen LogP contribution in [0.5, 0.6) is 0 Å². The molecule has 3 rings (SSSR count). The third kappa shape index (κ3) is 4.31. The van der Waals surface area contributed by atoms with Gasteiger partial charge in [0.1, 0.15) is 0 Å². The van der Waals surface area contributed by atoms with Gasteiger partial charge in [0.15, 0.2) is 0 Å². The zero-order chi connectivity index (χ0) is 23.7. The first-order valence-electron chi connectivity index (χ1n) is 12.1. The molecule has 0 saturated carbocycles. The van der Waals surface area contributed by atoms with Gasteiger partial charge in [0.25, 0.3) is 0 Å². The number of fused-ring (bicyclic) bond motifs is 1. The van der Waals surface area contributed by atoms with Gasteiger partial charge in [0.2, 0.25) is 0 Å². The summed E-state index contributed by atoms with van der Waals surface area (Å²) in [7, 11) is 1.47. The Kier molecular flexibility index (Phi) is 6.79. The van der Waals surface area contributed by atoms with Crippen LogP contribution in [0.4, 0.5) is 5.69 Å². The molecule has 3 heteroatoms. The summed E-state index contributed by atoms with van der Waals surface area (Å²) in [6.45, 7) is 16.6. The number of anilines is 1. The van der Waals surface area contributed by atoms with Gasteiger partial charge in [-0.1, -0.05) is 65.8 Å². The van der Waals surface area contributed by atoms with Crippen LogP contribution >= 0.6 is 0 Å². The Labute approximate surface area is 195 Å². The standard InChI is InChI=1S/C29H41NO2/c1-9-29(10-2,26(31)32-8)22-11-13-23(14-12-22)30-19-21-18-25-24(17-20(21)3)27(4,5)15-16-28(25,6)7/h11-14,17-18,30H,9-10,15-16,19H2,1-8H3. The molecule has 0 radical (unpaired) electrons. The van der Waals surface area contributed by atoms with E-state index in [1.54, 1.807) is 0 Å². The summed E-state index contributed by atoms with van der Waals surface area (Å²) in [6.07, 6.45) is 3.91. The molecule has 0 aromatic heterocycles. The minimum Gasteiger partial charge on any atom is -0.468 e. The van der Waals surface area contributed by atoms with Gasteiger partial charge in [-0.15, -0.1) is 0 Å². The van der Waals surface area contributed by atoms with E-state index in [2.05, 4.69) is 76.3 Å². The Morgan fingerprint density at radius 2 is 1.50 bits per heavy atom. The second kappa shape index (κ2) is 8.92. The number of carbonyl (C=O) groups excluding carboxylic acids is 1. The van der Waals surface area contributed by atoms with E-state index in [0.29, 0.717) is 0 Å². The van der Waals surface area contributed by atoms with Crippen LogP contribution in [0, 0.1) is 6.92 Å². The minimum atomic E-state index is -0.569. The maximum atomic E-state index is 12.5. The average Bonchev–Trinajstić information content (AvgIpc) is 2.77. The van der Waals surface area contributed by atoms with E-state index < -0.39 is 5.41 Å². The first-order valence-corrected chi connectivity index (χ1v) is 12.1. The number of rotatable bonds is 7. The van der Waals surface area contributed by atoms with Crippen LogP contribution in [0.1, 0.15) is 95.0 Å². The number of esters is 1. The van der Waals surface area contributed by atoms with Crippen LogP contribution < -0.4 is 5.32 Å². The van der Waals surface area contributed by atoms with Gasteiger partial charge in [-0.05, 0) is 83.4 Å². The molecule has 0 amide bonds. The highest BCUT2D eigenvalue weighted by atomic mass is 16.5. The monoisotopic (exact) mass is 435 g/mol. The van der Waals surface area contributed by atoms with E-state index in [1.807, 2.05) is 13.8 Å². The normalized spacial score (nSPS) is 16.9. The van der Waals surface area contributed by atoms with E-state index >= 15 is 0 Å². The Hall–Kier alpha value is -2.29. The molecule has 3 nitrogen and oxygen atoms in total. The Morgan fingerprint density at radius 3 is 2.00 bits per heavy atom. The van der Waals surface area contributed by atoms with Crippen LogP contribution in [0.2, 0.25) is 0 Å². The molecule has 2 aromatic carbocycles. The second-order valence-corrected chi connectivity index (χ2v) is 10.8. The summed E-state index contributed by atoms with van der Waals surface area (Å²) in [6, 6.07) is 13.2. The zero-order valence-electron chi connectivity index (χ0n) is 21.3. The third-order valence-corrected chi connectivity index (χ3v) is 8.01. The van der Waals surface area contributed by atoms with Crippen LogP contribution in [0.3, 0.4) is 0 Å². The van der Waals surface area contributed by atoms with Crippen LogP contribution in [0.25, 0.3) is 0 Å². The van der Waals surface area contributed by atoms with E-state index in [-0.39, 0.29) is 16.8 Å². The van der Waals surface area contributed by atoms with Crippen molar-refractivity contribution in [2.24, 2.45) is 0 Å². The van der Waals surface area contributed by atoms with Crippen molar-refractivity contribution in [3.8, 4) is 0 Å². The SMILES string of the molecule is CCC(CC)(C(=O)OC)c1ccc(NCc2cc3c(cc2C)C(C)(C)CCC3(C)C)cc1. The van der Waals surface area contributed by atoms with Crippen LogP contribution in [-0.4, -0.2) is 13.1 Å². The molecule has 0 aliphatic heterocycles. The van der Waals surface area contributed by atoms with Gasteiger partial charge in [0.05, 0.1) is 12.5 Å². The maximum Gasteiger partial charge on any atom is 0.316 e. The van der Waals surface area contributed by atoms with Crippen LogP contribution in [-0.2, 0) is 32.3 Å². The van der Waals surface area contributed by atoms with Gasteiger partial charge in [0, 0.05) is 12.2 Å². The quantitative estimate of drug-likeness (QED) is 0.468. The second-order valence-electron chi connectivity index (χ2n) is 10.8. The number of methoxy groups -OCH3 is 1. The summed E-state index contributed by atoms with van der Waals surface area (Å²) in [5.74, 6) is -0.154. The molecule has 1 aliphatic rings. The number of benzene rings is 2. The Morgan fingerprint density at radius 1 is 0.969 bits per heavy atom. The lowest BCUT2D eigenvalue weighted by Crippen LogP contribution is -2.35. The number of nitrogens with one attached hydrogen (secondary N) is 1. The Balaban J connectivity index is 1.83. The summed E-state index contributed by atoms with van der Waals surface area (Å²) >= 11 is 0. The van der Waals surface area contributed by atoms with Gasteiger partial charge < -0.3 is 10.1 Å². The first kappa shape index (κ1) is 24.4. The highest BCUT2D eigenvalue weighted by Gasteiger charge is 2.38. The van der Waals surface area contributed by atoms with Gasteiger partial charge >= 0.3 is 5.97 Å². The van der Waals surface area contributed by atoms with E-state index in [0.717, 1.165) is 30.6 Å². The molecule has 2 aromatic rings. The predicted molar refractivity (Wildman–Crippen MR) is 135 cm³/mol. The molecule has 174 valence electrons. The first-order chi connectivity index (χ1) is 15.0. The summed E-state index contributed by atoms with van der Waals surface area (Å²) in [5.41, 5.74) is 7.68. The number of carbonyl (C=O) groups is 1. The van der Waals surface area contributed by atoms with Crippen molar-refractivity contribution in [3.05, 3.63) is 64.2 Å². The van der Waals surface area contributed by atoms with Crippen molar-refractivity contribution in [2.45, 2.75) is 96.9 Å². The third-order valence-electron chi connectivity index (χ3n) is 8.01. The molecule has 0 atom stereocenters. The smallest absolute Gasteiger partial charge is 0.316 e. The minimum absolute atomic E-state index is 0.154. The molecule has 0 heterocycles. The predicted octanol–water partition coefficient (Wildman–Crippen LogP) is 7.19. The van der Waals surface area contributed by atoms with E-state index in [9.17, 15) is 4.79 Å². The molecule has 0 bridgehead atoms. The fraction of sp³-hybridized carbons (Fsp3) is 0.552. The molecule has 1 aliphatic carbocycles. The zero-order valence-corrected chi connectivity index (χ0v) is 21.3. The molecule has 0 spiro atoms. The molecule has 0 saturated heterocycles. The van der Waals surface area contributed by atoms with Gasteiger partial charge in [-0.3, -0.25) is 4.79 Å². The summed E-state index contributed by atoms with van der Waals surface area (Å²) in [4.78, 5) is 12.5. The highest BCUT2D eigenvalue weighted by molar-refractivity contribution is 5.83. The van der Waals surface area contributed by atoms with Gasteiger partial charge in [-0.25, -0.2) is 0 Å². The van der Waals surface area contributed by atoms with Crippen LogP contribution in [0.15, 0.2) is 36.4 Å². The lowest BCUT2D eigenvalue weighted by Gasteiger charge is -2.42. The average molecular weight is 436 g/mol. The molecule has 0 unspecified atom stereocenters. The lowest BCUT2D eigenvalue weighted by molar-refractivity contribution is -0.148. The lowest BCUT2D eigenvalue weighted by atomic mass is 9.62. The van der Waals surface area contributed by atoms with Crippen molar-refractivity contribution in [1.82, 2.24) is 0 Å². The fourth-order valence-corrected chi connectivity index (χ4v) is 5.32. The summed E-state index contributed by atoms with van der Waals surface area (Å²) in [5, 5.41) is 3.60. The molecule has 32 heavy (non-hydrogen) atoms. The van der Waals surface area contributed by atoms with Crippen molar-refractivity contribution in [3.63, 3.8) is 0 Å². The molecular formula is C29H41NO2. The van der Waals surface area contributed by atoms with Crippen molar-refractivity contribution in [2.75, 3.05) is 12.4 Å². The maximum absolute atomic E-state index is 12.5. The number of aryl methyl sites for hydroxylation is 1. The molecule has 0 fully saturated rings. The van der Waals surface area contributed by atoms with Crippen molar-refractivity contribution >= 4 is 11.7 Å². The largest absolute Gasteiger partial charge is 0.468 e. The van der Waals surface area contributed by atoms with Gasteiger partial charge in [-0.2, -0.15) is 0 Å².